The van der Waals surface area contributed by atoms with Gasteiger partial charge in [-0.05, 0) is 107 Å². The summed E-state index contributed by atoms with van der Waals surface area (Å²) in [6.45, 7) is 21.9. The van der Waals surface area contributed by atoms with Gasteiger partial charge < -0.3 is 0 Å². The average Bonchev–Trinajstić information content (AvgIpc) is 3.03. The second kappa shape index (κ2) is 7.92. The minimum Gasteiger partial charge on any atom is -0.0599 e. The second-order valence-electron chi connectivity index (χ2n) is 14.9. The lowest BCUT2D eigenvalue weighted by molar-refractivity contribution is 0.0562. The van der Waals surface area contributed by atoms with E-state index >= 15 is 0 Å². The summed E-state index contributed by atoms with van der Waals surface area (Å²) in [6.07, 6.45) is 8.86. The lowest BCUT2D eigenvalue weighted by Crippen LogP contribution is -2.38. The van der Waals surface area contributed by atoms with Gasteiger partial charge in [-0.15, -0.1) is 0 Å². The van der Waals surface area contributed by atoms with Gasteiger partial charge in [0.15, 0.2) is 0 Å². The van der Waals surface area contributed by atoms with Crippen molar-refractivity contribution in [1.82, 2.24) is 0 Å². The van der Waals surface area contributed by atoms with Crippen LogP contribution in [0.15, 0.2) is 24.3 Å². The largest absolute Gasteiger partial charge is 0.0599 e. The van der Waals surface area contributed by atoms with E-state index in [9.17, 15) is 0 Å². The molecule has 174 valence electrons. The van der Waals surface area contributed by atoms with Gasteiger partial charge in [0.25, 0.3) is 0 Å². The number of hydrogen-bond acceptors (Lipinski definition) is 0. The Labute approximate surface area is 194 Å². The van der Waals surface area contributed by atoms with Crippen LogP contribution in [0.3, 0.4) is 0 Å². The monoisotopic (exact) mass is 422 g/mol. The Hall–Kier alpha value is -0.780. The third-order valence-electron chi connectivity index (χ3n) is 9.93. The molecule has 0 nitrogen and oxygen atoms in total. The first-order valence-electron chi connectivity index (χ1n) is 13.4. The summed E-state index contributed by atoms with van der Waals surface area (Å²) in [4.78, 5) is 0. The molecule has 4 rings (SSSR count). The Morgan fingerprint density at radius 2 is 1.19 bits per heavy atom. The van der Waals surface area contributed by atoms with Crippen LogP contribution in [-0.2, 0) is 5.41 Å². The highest BCUT2D eigenvalue weighted by atomic mass is 14.6. The predicted molar refractivity (Wildman–Crippen MR) is 135 cm³/mol. The fraction of sp³-hybridized carbons (Fsp3) is 0.806. The Morgan fingerprint density at radius 1 is 0.613 bits per heavy atom. The zero-order valence-corrected chi connectivity index (χ0v) is 22.1. The molecule has 0 radical (unpaired) electrons. The van der Waals surface area contributed by atoms with E-state index < -0.39 is 0 Å². The molecule has 1 aromatic rings. The van der Waals surface area contributed by atoms with E-state index in [1.54, 1.807) is 5.56 Å². The van der Waals surface area contributed by atoms with Crippen LogP contribution < -0.4 is 0 Å². The highest BCUT2D eigenvalue weighted by molar-refractivity contribution is 5.31. The maximum absolute atomic E-state index is 2.52. The molecule has 7 unspecified atom stereocenters. The number of rotatable bonds is 1. The van der Waals surface area contributed by atoms with Gasteiger partial charge in [0.1, 0.15) is 0 Å². The van der Waals surface area contributed by atoms with Gasteiger partial charge in [-0.2, -0.15) is 0 Å². The van der Waals surface area contributed by atoms with Gasteiger partial charge in [-0.3, -0.25) is 0 Å². The summed E-state index contributed by atoms with van der Waals surface area (Å²) in [5.41, 5.74) is 4.28. The number of fused-ring (bicyclic) bond motifs is 3. The Balaban J connectivity index is 1.63. The van der Waals surface area contributed by atoms with Crippen molar-refractivity contribution in [1.29, 1.82) is 0 Å². The Bertz CT molecular complexity index is 747. The van der Waals surface area contributed by atoms with E-state index in [1.807, 2.05) is 0 Å². The van der Waals surface area contributed by atoms with Gasteiger partial charge in [0.2, 0.25) is 0 Å². The van der Waals surface area contributed by atoms with Gasteiger partial charge >= 0.3 is 0 Å². The van der Waals surface area contributed by atoms with E-state index in [4.69, 9.17) is 0 Å². The molecular formula is C31H50. The fourth-order valence-corrected chi connectivity index (χ4v) is 7.85. The summed E-state index contributed by atoms with van der Waals surface area (Å²) < 4.78 is 0. The number of benzene rings is 1. The van der Waals surface area contributed by atoms with Gasteiger partial charge in [-0.25, -0.2) is 0 Å². The molecule has 1 aromatic carbocycles. The van der Waals surface area contributed by atoms with E-state index in [0.29, 0.717) is 10.8 Å². The van der Waals surface area contributed by atoms with Gasteiger partial charge in [-0.1, -0.05) is 86.6 Å². The first-order valence-corrected chi connectivity index (χ1v) is 13.4. The van der Waals surface area contributed by atoms with Crippen molar-refractivity contribution in [2.75, 3.05) is 0 Å². The van der Waals surface area contributed by atoms with E-state index in [1.165, 1.54) is 44.1 Å². The molecule has 3 aliphatic carbocycles. The zero-order chi connectivity index (χ0) is 22.8. The predicted octanol–water partition coefficient (Wildman–Crippen LogP) is 9.24. The molecule has 0 amide bonds. The SMILES string of the molecule is CC(C)(C)c1ccc(C2CC(C(C)(C)C)CC3CC4CC(C(C)(C)C)CCC4C32)cc1. The molecule has 0 spiro atoms. The summed E-state index contributed by atoms with van der Waals surface area (Å²) in [6, 6.07) is 9.91. The van der Waals surface area contributed by atoms with E-state index in [2.05, 4.69) is 86.6 Å². The molecule has 31 heavy (non-hydrogen) atoms. The van der Waals surface area contributed by atoms with Crippen LogP contribution >= 0.6 is 0 Å². The van der Waals surface area contributed by atoms with Crippen molar-refractivity contribution in [3.63, 3.8) is 0 Å². The minimum atomic E-state index is 0.241. The second-order valence-corrected chi connectivity index (χ2v) is 14.9. The summed E-state index contributed by atoms with van der Waals surface area (Å²) >= 11 is 0. The van der Waals surface area contributed by atoms with Crippen LogP contribution in [0, 0.1) is 46.3 Å². The van der Waals surface area contributed by atoms with E-state index in [0.717, 1.165) is 41.4 Å². The summed E-state index contributed by atoms with van der Waals surface area (Å²) in [7, 11) is 0. The van der Waals surface area contributed by atoms with Crippen molar-refractivity contribution in [2.24, 2.45) is 46.3 Å². The maximum Gasteiger partial charge on any atom is -0.0125 e. The molecule has 0 aromatic heterocycles. The molecular weight excluding hydrogens is 372 g/mol. The lowest BCUT2D eigenvalue weighted by Gasteiger charge is -2.47. The highest BCUT2D eigenvalue weighted by Crippen LogP contribution is 2.63. The first kappa shape index (κ1) is 23.4. The van der Waals surface area contributed by atoms with Crippen LogP contribution in [0.5, 0.6) is 0 Å². The highest BCUT2D eigenvalue weighted by Gasteiger charge is 2.53. The average molecular weight is 423 g/mol. The first-order chi connectivity index (χ1) is 14.2. The third kappa shape index (κ3) is 4.65. The van der Waals surface area contributed by atoms with E-state index in [-0.39, 0.29) is 5.41 Å². The quantitative estimate of drug-likeness (QED) is 0.423. The van der Waals surface area contributed by atoms with Gasteiger partial charge in [0, 0.05) is 0 Å². The fourth-order valence-electron chi connectivity index (χ4n) is 7.85. The summed E-state index contributed by atoms with van der Waals surface area (Å²) in [5.74, 6) is 6.43. The van der Waals surface area contributed by atoms with Crippen LogP contribution in [0.2, 0.25) is 0 Å². The van der Waals surface area contributed by atoms with Crippen molar-refractivity contribution in [2.45, 2.75) is 112 Å². The van der Waals surface area contributed by atoms with Gasteiger partial charge in [0.05, 0.1) is 0 Å². The topological polar surface area (TPSA) is 0 Å². The minimum absolute atomic E-state index is 0.241. The van der Waals surface area contributed by atoms with Crippen LogP contribution in [0.1, 0.15) is 118 Å². The molecule has 0 N–H and O–H groups in total. The Morgan fingerprint density at radius 3 is 1.74 bits per heavy atom. The van der Waals surface area contributed by atoms with Crippen molar-refractivity contribution < 1.29 is 0 Å². The zero-order valence-electron chi connectivity index (χ0n) is 22.1. The Kier molecular flexibility index (Phi) is 5.97. The van der Waals surface area contributed by atoms with Crippen molar-refractivity contribution >= 4 is 0 Å². The molecule has 0 bridgehead atoms. The molecule has 3 fully saturated rings. The molecule has 0 aliphatic heterocycles. The molecule has 0 heteroatoms. The normalized spacial score (nSPS) is 36.7. The molecule has 0 saturated heterocycles. The molecule has 0 heterocycles. The summed E-state index contributed by atoms with van der Waals surface area (Å²) in [5, 5.41) is 0. The lowest BCUT2D eigenvalue weighted by atomic mass is 9.58. The van der Waals surface area contributed by atoms with Crippen LogP contribution in [-0.4, -0.2) is 0 Å². The van der Waals surface area contributed by atoms with Crippen LogP contribution in [0.4, 0.5) is 0 Å². The van der Waals surface area contributed by atoms with Crippen LogP contribution in [0.25, 0.3) is 0 Å². The smallest absolute Gasteiger partial charge is 0.0125 e. The third-order valence-corrected chi connectivity index (χ3v) is 9.93. The maximum atomic E-state index is 2.52. The molecule has 3 saturated carbocycles. The van der Waals surface area contributed by atoms with Crippen molar-refractivity contribution in [3.8, 4) is 0 Å². The standard InChI is InChI=1S/C31H50/c1-29(2,3)23-12-10-20(11-13-23)27-19-25(31(7,8)9)18-22-16-21-17-24(30(4,5)6)14-15-26(21)28(22)27/h10-13,21-22,24-28H,14-19H2,1-9H3. The van der Waals surface area contributed by atoms with Crippen molar-refractivity contribution in [3.05, 3.63) is 35.4 Å². The number of hydrogen-bond donors (Lipinski definition) is 0. The molecule has 7 atom stereocenters. The molecule has 3 aliphatic rings.